The van der Waals surface area contributed by atoms with Gasteiger partial charge in [-0.1, -0.05) is 36.2 Å². The fourth-order valence-electron chi connectivity index (χ4n) is 4.89. The smallest absolute Gasteiger partial charge is 0.165 e. The summed E-state index contributed by atoms with van der Waals surface area (Å²) in [6, 6.07) is 14.5. The molecule has 2 N–H and O–H groups in total. The van der Waals surface area contributed by atoms with Crippen LogP contribution in [0.4, 0.5) is 0 Å². The highest BCUT2D eigenvalue weighted by atomic mass is 35.5. The van der Waals surface area contributed by atoms with Crippen LogP contribution in [-0.2, 0) is 12.1 Å². The number of nitrogens with two attached hydrogens (primary N) is 1. The first kappa shape index (κ1) is 22.2. The average Bonchev–Trinajstić information content (AvgIpc) is 3.34. The molecule has 0 amide bonds. The minimum absolute atomic E-state index is 0.316. The van der Waals surface area contributed by atoms with Crippen molar-refractivity contribution in [3.8, 4) is 16.8 Å². The Morgan fingerprint density at radius 2 is 1.77 bits per heavy atom. The van der Waals surface area contributed by atoms with Crippen molar-refractivity contribution in [2.75, 3.05) is 6.54 Å². The fraction of sp³-hybridized carbons (Fsp3) is 0.333. The SMILES string of the molecule is Cc1nnc2n1-c1ccc(-c3cnn(CCCCCN)c3)cc1C(c1ccc(Cl)cc1)=NC21CC1. The molecule has 1 saturated carbocycles. The van der Waals surface area contributed by atoms with E-state index in [9.17, 15) is 0 Å². The van der Waals surface area contributed by atoms with Crippen LogP contribution in [0.15, 0.2) is 59.9 Å². The van der Waals surface area contributed by atoms with E-state index in [0.717, 1.165) is 90.5 Å². The number of halogens is 1. The summed E-state index contributed by atoms with van der Waals surface area (Å²) < 4.78 is 4.20. The van der Waals surface area contributed by atoms with Crippen molar-refractivity contribution in [1.29, 1.82) is 0 Å². The van der Waals surface area contributed by atoms with Crippen LogP contribution < -0.4 is 5.73 Å². The summed E-state index contributed by atoms with van der Waals surface area (Å²) in [5, 5.41) is 14.3. The molecule has 1 aliphatic carbocycles. The Bertz CT molecular complexity index is 1410. The van der Waals surface area contributed by atoms with Crippen molar-refractivity contribution in [3.05, 3.63) is 82.7 Å². The molecule has 0 radical (unpaired) electrons. The van der Waals surface area contributed by atoms with Gasteiger partial charge in [0, 0.05) is 34.5 Å². The highest BCUT2D eigenvalue weighted by molar-refractivity contribution is 6.30. The summed E-state index contributed by atoms with van der Waals surface area (Å²) in [7, 11) is 0. The van der Waals surface area contributed by atoms with Gasteiger partial charge in [-0.2, -0.15) is 5.10 Å². The van der Waals surface area contributed by atoms with E-state index in [2.05, 4.69) is 44.3 Å². The molecular weight excluding hydrogens is 458 g/mol. The molecule has 2 aliphatic rings. The van der Waals surface area contributed by atoms with E-state index in [0.29, 0.717) is 5.02 Å². The molecule has 0 atom stereocenters. The minimum Gasteiger partial charge on any atom is -0.330 e. The van der Waals surface area contributed by atoms with Crippen LogP contribution in [0, 0.1) is 6.92 Å². The van der Waals surface area contributed by atoms with Gasteiger partial charge in [-0.25, -0.2) is 0 Å². The predicted molar refractivity (Wildman–Crippen MR) is 138 cm³/mol. The van der Waals surface area contributed by atoms with Gasteiger partial charge >= 0.3 is 0 Å². The zero-order chi connectivity index (χ0) is 24.0. The van der Waals surface area contributed by atoms with Crippen LogP contribution in [-0.4, -0.2) is 36.8 Å². The molecule has 7 nitrogen and oxygen atoms in total. The van der Waals surface area contributed by atoms with Crippen molar-refractivity contribution >= 4 is 17.3 Å². The Morgan fingerprint density at radius 1 is 0.971 bits per heavy atom. The Balaban J connectivity index is 1.45. The largest absolute Gasteiger partial charge is 0.330 e. The maximum Gasteiger partial charge on any atom is 0.165 e. The standard InChI is InChI=1S/C27H28ClN7/c1-18-32-33-26-27(11-12-27)31-25(19-5-8-22(28)9-6-19)23-15-20(7-10-24(23)35(18)26)21-16-30-34(17-21)14-4-2-3-13-29/h5-10,15-17H,2-4,11-14,29H2,1H3. The van der Waals surface area contributed by atoms with E-state index in [1.165, 1.54) is 0 Å². The fourth-order valence-corrected chi connectivity index (χ4v) is 5.01. The number of unbranched alkanes of at least 4 members (excludes halogenated alkanes) is 2. The molecule has 4 aromatic rings. The number of fused-ring (bicyclic) bond motifs is 4. The van der Waals surface area contributed by atoms with Gasteiger partial charge in [0.25, 0.3) is 0 Å². The van der Waals surface area contributed by atoms with Gasteiger partial charge in [-0.15, -0.1) is 10.2 Å². The third kappa shape index (κ3) is 3.98. The highest BCUT2D eigenvalue weighted by Gasteiger charge is 2.51. The first-order valence-electron chi connectivity index (χ1n) is 12.2. The van der Waals surface area contributed by atoms with E-state index in [1.54, 1.807) is 0 Å². The molecule has 1 fully saturated rings. The Labute approximate surface area is 209 Å². The summed E-state index contributed by atoms with van der Waals surface area (Å²) in [5.41, 5.74) is 11.6. The van der Waals surface area contributed by atoms with Crippen LogP contribution >= 0.6 is 11.6 Å². The van der Waals surface area contributed by atoms with Gasteiger partial charge < -0.3 is 5.73 Å². The van der Waals surface area contributed by atoms with E-state index in [1.807, 2.05) is 42.1 Å². The molecule has 0 saturated heterocycles. The number of hydrogen-bond donors (Lipinski definition) is 1. The van der Waals surface area contributed by atoms with E-state index in [-0.39, 0.29) is 5.54 Å². The number of rotatable bonds is 7. The Hall–Kier alpha value is -3.29. The third-order valence-electron chi connectivity index (χ3n) is 6.96. The molecule has 2 aromatic heterocycles. The predicted octanol–water partition coefficient (Wildman–Crippen LogP) is 5.06. The van der Waals surface area contributed by atoms with Crippen molar-refractivity contribution < 1.29 is 0 Å². The second-order valence-electron chi connectivity index (χ2n) is 9.48. The van der Waals surface area contributed by atoms with Gasteiger partial charge in [0.15, 0.2) is 5.82 Å². The topological polar surface area (TPSA) is 86.9 Å². The lowest BCUT2D eigenvalue weighted by molar-refractivity contribution is 0.547. The molecule has 35 heavy (non-hydrogen) atoms. The molecule has 8 heteroatoms. The summed E-state index contributed by atoms with van der Waals surface area (Å²) in [6.07, 6.45) is 9.26. The number of aliphatic imine (C=N–C) groups is 1. The molecule has 1 aliphatic heterocycles. The van der Waals surface area contributed by atoms with Crippen LogP contribution in [0.25, 0.3) is 16.8 Å². The zero-order valence-corrected chi connectivity index (χ0v) is 20.5. The third-order valence-corrected chi connectivity index (χ3v) is 7.21. The van der Waals surface area contributed by atoms with Crippen molar-refractivity contribution in [2.24, 2.45) is 10.7 Å². The molecule has 2 aromatic carbocycles. The maximum absolute atomic E-state index is 6.21. The number of aryl methyl sites for hydroxylation is 2. The summed E-state index contributed by atoms with van der Waals surface area (Å²) in [4.78, 5) is 5.33. The molecule has 6 rings (SSSR count). The monoisotopic (exact) mass is 485 g/mol. The molecule has 0 unspecified atom stereocenters. The van der Waals surface area contributed by atoms with Crippen LogP contribution in [0.5, 0.6) is 0 Å². The number of hydrogen-bond acceptors (Lipinski definition) is 5. The van der Waals surface area contributed by atoms with E-state index in [4.69, 9.17) is 22.3 Å². The Morgan fingerprint density at radius 3 is 2.54 bits per heavy atom. The first-order chi connectivity index (χ1) is 17.1. The number of aromatic nitrogens is 5. The Kier molecular flexibility index (Phi) is 5.54. The minimum atomic E-state index is -0.316. The van der Waals surface area contributed by atoms with Crippen LogP contribution in [0.1, 0.15) is 54.9 Å². The zero-order valence-electron chi connectivity index (χ0n) is 19.8. The van der Waals surface area contributed by atoms with Crippen molar-refractivity contribution in [2.45, 2.75) is 51.1 Å². The molecular formula is C27H28ClN7. The second kappa shape index (κ2) is 8.73. The quantitative estimate of drug-likeness (QED) is 0.370. The van der Waals surface area contributed by atoms with Gasteiger partial charge in [0.05, 0.1) is 17.6 Å². The van der Waals surface area contributed by atoms with E-state index < -0.39 is 0 Å². The first-order valence-corrected chi connectivity index (χ1v) is 12.6. The lowest BCUT2D eigenvalue weighted by atomic mass is 9.96. The van der Waals surface area contributed by atoms with Gasteiger partial charge in [0.2, 0.25) is 0 Å². The van der Waals surface area contributed by atoms with Crippen LogP contribution in [0.3, 0.4) is 0 Å². The molecule has 1 spiro atoms. The second-order valence-corrected chi connectivity index (χ2v) is 9.91. The van der Waals surface area contributed by atoms with Crippen LogP contribution in [0.2, 0.25) is 5.02 Å². The lowest BCUT2D eigenvalue weighted by Gasteiger charge is -2.14. The van der Waals surface area contributed by atoms with Gasteiger partial charge in [0.1, 0.15) is 11.4 Å². The average molecular weight is 486 g/mol. The summed E-state index contributed by atoms with van der Waals surface area (Å²) in [6.45, 7) is 3.65. The molecule has 178 valence electrons. The van der Waals surface area contributed by atoms with Gasteiger partial charge in [-0.05, 0) is 69.0 Å². The molecule has 0 bridgehead atoms. The number of benzene rings is 2. The van der Waals surface area contributed by atoms with Crippen molar-refractivity contribution in [1.82, 2.24) is 24.5 Å². The summed E-state index contributed by atoms with van der Waals surface area (Å²) >= 11 is 6.21. The number of nitrogens with zero attached hydrogens (tertiary/aromatic N) is 6. The van der Waals surface area contributed by atoms with Gasteiger partial charge in [-0.3, -0.25) is 14.2 Å². The van der Waals surface area contributed by atoms with Crippen molar-refractivity contribution in [3.63, 3.8) is 0 Å². The summed E-state index contributed by atoms with van der Waals surface area (Å²) in [5.74, 6) is 1.80. The van der Waals surface area contributed by atoms with E-state index >= 15 is 0 Å². The molecule has 3 heterocycles. The highest BCUT2D eigenvalue weighted by Crippen LogP contribution is 2.51. The lowest BCUT2D eigenvalue weighted by Crippen LogP contribution is -2.11. The normalized spacial score (nSPS) is 15.5. The maximum atomic E-state index is 6.21.